The van der Waals surface area contributed by atoms with Crippen LogP contribution in [0.4, 0.5) is 0 Å². The smallest absolute Gasteiger partial charge is 0.109 e. The summed E-state index contributed by atoms with van der Waals surface area (Å²) in [6.45, 7) is 7.52. The molecule has 0 radical (unpaired) electrons. The predicted molar refractivity (Wildman–Crippen MR) is 107 cm³/mol. The van der Waals surface area contributed by atoms with Crippen molar-refractivity contribution in [3.05, 3.63) is 53.6 Å². The quantitative estimate of drug-likeness (QED) is 0.391. The van der Waals surface area contributed by atoms with Gasteiger partial charge in [-0.1, -0.05) is 25.1 Å². The Morgan fingerprint density at radius 3 is 2.64 bits per heavy atom. The molecule has 2 heterocycles. The van der Waals surface area contributed by atoms with Crippen LogP contribution in [0.2, 0.25) is 0 Å². The molecule has 3 nitrogen and oxygen atoms in total. The molecule has 0 bridgehead atoms. The Morgan fingerprint density at radius 2 is 1.88 bits per heavy atom. The van der Waals surface area contributed by atoms with E-state index in [1.807, 2.05) is 18.0 Å². The number of hydrogen-bond donors (Lipinski definition) is 0. The van der Waals surface area contributed by atoms with Gasteiger partial charge in [0.2, 0.25) is 0 Å². The minimum absolute atomic E-state index is 1.03. The zero-order valence-corrected chi connectivity index (χ0v) is 16.3. The molecule has 0 atom stereocenters. The third-order valence-corrected chi connectivity index (χ3v) is 5.71. The lowest BCUT2D eigenvalue weighted by atomic mass is 10.2. The normalized spacial score (nSPS) is 11.3. The highest BCUT2D eigenvalue weighted by Gasteiger charge is 2.13. The van der Waals surface area contributed by atoms with E-state index in [0.717, 1.165) is 30.6 Å². The maximum Gasteiger partial charge on any atom is 0.109 e. The van der Waals surface area contributed by atoms with Crippen molar-refractivity contribution < 1.29 is 0 Å². The molecular formula is C21H27N3S. The van der Waals surface area contributed by atoms with E-state index in [1.165, 1.54) is 40.4 Å². The Kier molecular flexibility index (Phi) is 6.14. The molecule has 3 aromatic rings. The molecule has 0 saturated carbocycles. The van der Waals surface area contributed by atoms with Crippen LogP contribution in [-0.4, -0.2) is 20.3 Å². The van der Waals surface area contributed by atoms with Gasteiger partial charge in [0.05, 0.1) is 11.7 Å². The zero-order chi connectivity index (χ0) is 17.6. The zero-order valence-electron chi connectivity index (χ0n) is 15.5. The van der Waals surface area contributed by atoms with E-state index >= 15 is 0 Å². The number of rotatable bonds is 8. The van der Waals surface area contributed by atoms with Crippen molar-refractivity contribution in [3.8, 4) is 0 Å². The standard InChI is InChI=1S/C21H27N3S/c1-4-10-20-23-19-15-22-17(3)16(2)21(19)24(20)13-8-9-14-25-18-11-6-5-7-12-18/h5-7,11-12,15H,4,8-10,13-14H2,1-3H3. The van der Waals surface area contributed by atoms with Gasteiger partial charge in [0, 0.05) is 23.6 Å². The van der Waals surface area contributed by atoms with Crippen LogP contribution in [-0.2, 0) is 13.0 Å². The first-order chi connectivity index (χ1) is 12.2. The maximum absolute atomic E-state index is 4.85. The molecule has 2 aromatic heterocycles. The molecular weight excluding hydrogens is 326 g/mol. The molecule has 4 heteroatoms. The number of unbranched alkanes of at least 4 members (excludes halogenated alkanes) is 1. The Bertz CT molecular complexity index is 824. The number of fused-ring (bicyclic) bond motifs is 1. The van der Waals surface area contributed by atoms with Gasteiger partial charge in [-0.25, -0.2) is 4.98 Å². The van der Waals surface area contributed by atoms with E-state index < -0.39 is 0 Å². The highest BCUT2D eigenvalue weighted by molar-refractivity contribution is 7.99. The lowest BCUT2D eigenvalue weighted by Gasteiger charge is -2.11. The molecule has 0 aliphatic rings. The molecule has 0 aliphatic carbocycles. The van der Waals surface area contributed by atoms with E-state index in [1.54, 1.807) is 0 Å². The van der Waals surface area contributed by atoms with Crippen LogP contribution in [0, 0.1) is 13.8 Å². The highest BCUT2D eigenvalue weighted by atomic mass is 32.2. The second-order valence-electron chi connectivity index (χ2n) is 6.50. The Balaban J connectivity index is 1.67. The van der Waals surface area contributed by atoms with Gasteiger partial charge in [0.1, 0.15) is 11.3 Å². The molecule has 3 rings (SSSR count). The molecule has 0 spiro atoms. The molecule has 25 heavy (non-hydrogen) atoms. The first-order valence-electron chi connectivity index (χ1n) is 9.20. The Hall–Kier alpha value is -1.81. The highest BCUT2D eigenvalue weighted by Crippen LogP contribution is 2.24. The summed E-state index contributed by atoms with van der Waals surface area (Å²) >= 11 is 1.95. The van der Waals surface area contributed by atoms with E-state index in [9.17, 15) is 0 Å². The van der Waals surface area contributed by atoms with Gasteiger partial charge in [-0.2, -0.15) is 0 Å². The minimum atomic E-state index is 1.03. The van der Waals surface area contributed by atoms with Gasteiger partial charge in [0.25, 0.3) is 0 Å². The first kappa shape index (κ1) is 18.0. The second-order valence-corrected chi connectivity index (χ2v) is 7.67. The number of nitrogens with zero attached hydrogens (tertiary/aromatic N) is 3. The fourth-order valence-corrected chi connectivity index (χ4v) is 4.10. The average Bonchev–Trinajstić information content (AvgIpc) is 2.97. The van der Waals surface area contributed by atoms with Crippen LogP contribution >= 0.6 is 11.8 Å². The average molecular weight is 354 g/mol. The van der Waals surface area contributed by atoms with E-state index in [0.29, 0.717) is 0 Å². The Morgan fingerprint density at radius 1 is 1.08 bits per heavy atom. The van der Waals surface area contributed by atoms with Crippen molar-refractivity contribution in [2.45, 2.75) is 57.9 Å². The Labute approximate surface area is 154 Å². The predicted octanol–water partition coefficient (Wildman–Crippen LogP) is 5.57. The summed E-state index contributed by atoms with van der Waals surface area (Å²) in [7, 11) is 0. The third kappa shape index (κ3) is 4.24. The molecule has 0 unspecified atom stereocenters. The van der Waals surface area contributed by atoms with Crippen molar-refractivity contribution in [2.75, 3.05) is 5.75 Å². The number of aryl methyl sites for hydroxylation is 4. The number of thioether (sulfide) groups is 1. The summed E-state index contributed by atoms with van der Waals surface area (Å²) in [5.41, 5.74) is 4.71. The van der Waals surface area contributed by atoms with Crippen LogP contribution < -0.4 is 0 Å². The van der Waals surface area contributed by atoms with Crippen LogP contribution in [0.25, 0.3) is 11.0 Å². The van der Waals surface area contributed by atoms with E-state index in [4.69, 9.17) is 4.98 Å². The van der Waals surface area contributed by atoms with Gasteiger partial charge in [-0.05, 0) is 56.6 Å². The molecule has 0 N–H and O–H groups in total. The SMILES string of the molecule is CCCc1nc2cnc(C)c(C)c2n1CCCCSc1ccccc1. The maximum atomic E-state index is 4.85. The van der Waals surface area contributed by atoms with Crippen molar-refractivity contribution in [3.63, 3.8) is 0 Å². The van der Waals surface area contributed by atoms with Gasteiger partial charge >= 0.3 is 0 Å². The summed E-state index contributed by atoms with van der Waals surface area (Å²) in [5.74, 6) is 2.38. The van der Waals surface area contributed by atoms with Crippen molar-refractivity contribution in [1.29, 1.82) is 0 Å². The lowest BCUT2D eigenvalue weighted by Crippen LogP contribution is -2.05. The number of aromatic nitrogens is 3. The molecule has 0 aliphatic heterocycles. The molecule has 0 fully saturated rings. The van der Waals surface area contributed by atoms with Crippen molar-refractivity contribution >= 4 is 22.8 Å². The molecule has 1 aromatic carbocycles. The van der Waals surface area contributed by atoms with Gasteiger partial charge < -0.3 is 4.57 Å². The molecule has 132 valence electrons. The third-order valence-electron chi connectivity index (χ3n) is 4.61. The minimum Gasteiger partial charge on any atom is -0.328 e. The molecule has 0 saturated heterocycles. The number of benzene rings is 1. The van der Waals surface area contributed by atoms with Crippen molar-refractivity contribution in [2.24, 2.45) is 0 Å². The first-order valence-corrected chi connectivity index (χ1v) is 10.2. The lowest BCUT2D eigenvalue weighted by molar-refractivity contribution is 0.613. The fraction of sp³-hybridized carbons (Fsp3) is 0.429. The van der Waals surface area contributed by atoms with Crippen LogP contribution in [0.5, 0.6) is 0 Å². The van der Waals surface area contributed by atoms with Crippen LogP contribution in [0.1, 0.15) is 43.3 Å². The molecule has 0 amide bonds. The van der Waals surface area contributed by atoms with E-state index in [2.05, 4.69) is 60.7 Å². The summed E-state index contributed by atoms with van der Waals surface area (Å²) in [4.78, 5) is 10.7. The summed E-state index contributed by atoms with van der Waals surface area (Å²) in [6.07, 6.45) is 6.49. The topological polar surface area (TPSA) is 30.7 Å². The van der Waals surface area contributed by atoms with Crippen LogP contribution in [0.3, 0.4) is 0 Å². The van der Waals surface area contributed by atoms with E-state index in [-0.39, 0.29) is 0 Å². The summed E-state index contributed by atoms with van der Waals surface area (Å²) < 4.78 is 2.44. The fourth-order valence-electron chi connectivity index (χ4n) is 3.16. The van der Waals surface area contributed by atoms with Crippen molar-refractivity contribution in [1.82, 2.24) is 14.5 Å². The van der Waals surface area contributed by atoms with Gasteiger partial charge in [0.15, 0.2) is 0 Å². The van der Waals surface area contributed by atoms with Crippen LogP contribution in [0.15, 0.2) is 41.4 Å². The number of imidazole rings is 1. The summed E-state index contributed by atoms with van der Waals surface area (Å²) in [5, 5.41) is 0. The summed E-state index contributed by atoms with van der Waals surface area (Å²) in [6, 6.07) is 10.7. The number of hydrogen-bond acceptors (Lipinski definition) is 3. The van der Waals surface area contributed by atoms with Gasteiger partial charge in [-0.15, -0.1) is 11.8 Å². The monoisotopic (exact) mass is 353 g/mol. The number of pyridine rings is 1. The van der Waals surface area contributed by atoms with Gasteiger partial charge in [-0.3, -0.25) is 4.98 Å². The largest absolute Gasteiger partial charge is 0.328 e. The second kappa shape index (κ2) is 8.52.